The Morgan fingerprint density at radius 2 is 1.78 bits per heavy atom. The summed E-state index contributed by atoms with van der Waals surface area (Å²) in [4.78, 5) is 25.0. The molecular formula is C19H26O4. The monoisotopic (exact) mass is 318 g/mol. The molecule has 0 heterocycles. The lowest BCUT2D eigenvalue weighted by Crippen LogP contribution is -2.54. The van der Waals surface area contributed by atoms with E-state index in [0.29, 0.717) is 12.8 Å². The summed E-state index contributed by atoms with van der Waals surface area (Å²) >= 11 is 0. The molecule has 0 amide bonds. The van der Waals surface area contributed by atoms with Crippen molar-refractivity contribution < 1.29 is 19.8 Å². The third-order valence-corrected chi connectivity index (χ3v) is 7.71. The zero-order chi connectivity index (χ0) is 16.6. The van der Waals surface area contributed by atoms with Crippen LogP contribution in [0.25, 0.3) is 0 Å². The second-order valence-electron chi connectivity index (χ2n) is 8.74. The lowest BCUT2D eigenvalue weighted by Gasteiger charge is -2.56. The van der Waals surface area contributed by atoms with Gasteiger partial charge in [-0.3, -0.25) is 9.59 Å². The van der Waals surface area contributed by atoms with Gasteiger partial charge >= 0.3 is 0 Å². The highest BCUT2D eigenvalue weighted by Crippen LogP contribution is 2.63. The maximum Gasteiger partial charge on any atom is 0.162 e. The molecule has 0 radical (unpaired) electrons. The van der Waals surface area contributed by atoms with E-state index < -0.39 is 11.5 Å². The maximum absolute atomic E-state index is 12.9. The zero-order valence-electron chi connectivity index (χ0n) is 13.9. The Morgan fingerprint density at radius 3 is 2.52 bits per heavy atom. The quantitative estimate of drug-likeness (QED) is 0.717. The van der Waals surface area contributed by atoms with Crippen molar-refractivity contribution in [2.75, 3.05) is 0 Å². The number of aliphatic hydroxyl groups is 2. The van der Waals surface area contributed by atoms with Crippen molar-refractivity contribution in [2.24, 2.45) is 28.6 Å². The van der Waals surface area contributed by atoms with Crippen LogP contribution in [0, 0.1) is 28.6 Å². The molecule has 4 rings (SSSR count). The average Bonchev–Trinajstić information content (AvgIpc) is 2.73. The molecule has 4 nitrogen and oxygen atoms in total. The topological polar surface area (TPSA) is 74.6 Å². The Bertz CT molecular complexity index is 608. The molecule has 7 atom stereocenters. The van der Waals surface area contributed by atoms with Gasteiger partial charge in [-0.25, -0.2) is 0 Å². The van der Waals surface area contributed by atoms with Crippen molar-refractivity contribution in [1.82, 2.24) is 0 Å². The number of hydrogen-bond donors (Lipinski definition) is 2. The number of Topliss-reactive ketones (excluding diaryl/α,β-unsaturated/α-hetero) is 1. The first-order valence-corrected chi connectivity index (χ1v) is 8.91. The second kappa shape index (κ2) is 4.76. The van der Waals surface area contributed by atoms with Crippen molar-refractivity contribution in [1.29, 1.82) is 0 Å². The molecule has 3 saturated carbocycles. The lowest BCUT2D eigenvalue weighted by molar-refractivity contribution is -0.138. The molecule has 3 fully saturated rings. The van der Waals surface area contributed by atoms with Crippen LogP contribution in [0.5, 0.6) is 0 Å². The number of carbonyl (C=O) groups is 2. The predicted octanol–water partition coefficient (Wildman–Crippen LogP) is 2.03. The molecule has 0 aromatic heterocycles. The Kier molecular flexibility index (Phi) is 3.21. The summed E-state index contributed by atoms with van der Waals surface area (Å²) in [6.45, 7) is 4.23. The molecule has 4 aliphatic carbocycles. The number of ketones is 2. The molecule has 0 aromatic rings. The predicted molar refractivity (Wildman–Crippen MR) is 84.5 cm³/mol. The van der Waals surface area contributed by atoms with Gasteiger partial charge in [0.1, 0.15) is 6.10 Å². The summed E-state index contributed by atoms with van der Waals surface area (Å²) in [5.74, 6) is 0.106. The highest BCUT2D eigenvalue weighted by molar-refractivity contribution is 5.96. The normalized spacial score (nSPS) is 52.5. The highest BCUT2D eigenvalue weighted by Gasteiger charge is 2.62. The van der Waals surface area contributed by atoms with Crippen molar-refractivity contribution >= 4 is 11.6 Å². The standard InChI is InChI=1S/C19H26O4/c1-18-5-3-11(20)7-10(18)8-14(21)16-12(18)4-6-19(2)13(16)9-15(22)17(19)23/h8,11-13,16-17,20,23H,3-7,9H2,1-2H3/t11-,12-,13-,16+,17-,18-,19-/m0/s1. The summed E-state index contributed by atoms with van der Waals surface area (Å²) < 4.78 is 0. The van der Waals surface area contributed by atoms with E-state index in [-0.39, 0.29) is 40.8 Å². The molecule has 4 heteroatoms. The molecule has 0 spiro atoms. The minimum absolute atomic E-state index is 0.0299. The Morgan fingerprint density at radius 1 is 1.04 bits per heavy atom. The fourth-order valence-corrected chi connectivity index (χ4v) is 6.16. The molecule has 126 valence electrons. The van der Waals surface area contributed by atoms with E-state index in [0.717, 1.165) is 31.3 Å². The van der Waals surface area contributed by atoms with Gasteiger partial charge in [0.05, 0.1) is 6.10 Å². The van der Waals surface area contributed by atoms with E-state index in [1.807, 2.05) is 6.92 Å². The SMILES string of the molecule is C[C@]12CC[C@H]3[C@@H](C(=O)C=C4C[C@@H](O)CC[C@@]43C)[C@@H]1CC(=O)[C@@H]2O. The van der Waals surface area contributed by atoms with Gasteiger partial charge < -0.3 is 10.2 Å². The Labute approximate surface area is 137 Å². The van der Waals surface area contributed by atoms with E-state index >= 15 is 0 Å². The molecule has 0 bridgehead atoms. The van der Waals surface area contributed by atoms with Crippen LogP contribution in [-0.2, 0) is 9.59 Å². The molecule has 4 aliphatic rings. The first-order valence-electron chi connectivity index (χ1n) is 8.91. The summed E-state index contributed by atoms with van der Waals surface area (Å²) in [6.07, 6.45) is 4.87. The fourth-order valence-electron chi connectivity index (χ4n) is 6.16. The molecule has 23 heavy (non-hydrogen) atoms. The average molecular weight is 318 g/mol. The van der Waals surface area contributed by atoms with Crippen LogP contribution in [-0.4, -0.2) is 34.0 Å². The summed E-state index contributed by atoms with van der Waals surface area (Å²) in [5, 5.41) is 20.3. The van der Waals surface area contributed by atoms with Crippen LogP contribution in [0.1, 0.15) is 52.4 Å². The highest BCUT2D eigenvalue weighted by atomic mass is 16.3. The van der Waals surface area contributed by atoms with E-state index in [4.69, 9.17) is 0 Å². The van der Waals surface area contributed by atoms with E-state index in [1.54, 1.807) is 6.08 Å². The molecule has 0 aromatic carbocycles. The van der Waals surface area contributed by atoms with Gasteiger partial charge in [0.25, 0.3) is 0 Å². The van der Waals surface area contributed by atoms with Crippen molar-refractivity contribution in [3.63, 3.8) is 0 Å². The Hall–Kier alpha value is -1.00. The van der Waals surface area contributed by atoms with Crippen molar-refractivity contribution in [3.8, 4) is 0 Å². The summed E-state index contributed by atoms with van der Waals surface area (Å²) in [6, 6.07) is 0. The van der Waals surface area contributed by atoms with Crippen LogP contribution in [0.4, 0.5) is 0 Å². The minimum Gasteiger partial charge on any atom is -0.393 e. The smallest absolute Gasteiger partial charge is 0.162 e. The van der Waals surface area contributed by atoms with E-state index in [2.05, 4.69) is 6.92 Å². The Balaban J connectivity index is 1.76. The summed E-state index contributed by atoms with van der Waals surface area (Å²) in [7, 11) is 0. The number of fused-ring (bicyclic) bond motifs is 5. The van der Waals surface area contributed by atoms with Crippen molar-refractivity contribution in [3.05, 3.63) is 11.6 Å². The minimum atomic E-state index is -0.910. The van der Waals surface area contributed by atoms with Crippen LogP contribution in [0.15, 0.2) is 11.6 Å². The van der Waals surface area contributed by atoms with Gasteiger partial charge in [0.15, 0.2) is 11.6 Å². The number of allylic oxidation sites excluding steroid dienone is 1. The number of hydrogen-bond acceptors (Lipinski definition) is 4. The van der Waals surface area contributed by atoms with Crippen LogP contribution in [0.3, 0.4) is 0 Å². The third kappa shape index (κ3) is 1.91. The van der Waals surface area contributed by atoms with Crippen LogP contribution >= 0.6 is 0 Å². The van der Waals surface area contributed by atoms with Crippen molar-refractivity contribution in [2.45, 2.75) is 64.6 Å². The zero-order valence-corrected chi connectivity index (χ0v) is 13.9. The molecular weight excluding hydrogens is 292 g/mol. The molecule has 0 unspecified atom stereocenters. The van der Waals surface area contributed by atoms with Crippen LogP contribution < -0.4 is 0 Å². The number of rotatable bonds is 0. The second-order valence-corrected chi connectivity index (χ2v) is 8.74. The molecule has 0 saturated heterocycles. The molecule has 2 N–H and O–H groups in total. The first kappa shape index (κ1) is 15.5. The van der Waals surface area contributed by atoms with E-state index in [1.165, 1.54) is 0 Å². The van der Waals surface area contributed by atoms with Gasteiger partial charge in [0, 0.05) is 17.8 Å². The fraction of sp³-hybridized carbons (Fsp3) is 0.789. The summed E-state index contributed by atoms with van der Waals surface area (Å²) in [5.41, 5.74) is 0.635. The molecule has 0 aliphatic heterocycles. The number of carbonyl (C=O) groups excluding carboxylic acids is 2. The first-order chi connectivity index (χ1) is 10.8. The largest absolute Gasteiger partial charge is 0.393 e. The maximum atomic E-state index is 12.9. The lowest BCUT2D eigenvalue weighted by atomic mass is 9.47. The van der Waals surface area contributed by atoms with Crippen LogP contribution in [0.2, 0.25) is 0 Å². The number of aliphatic hydroxyl groups excluding tert-OH is 2. The van der Waals surface area contributed by atoms with Gasteiger partial charge in [-0.2, -0.15) is 0 Å². The third-order valence-electron chi connectivity index (χ3n) is 7.71. The van der Waals surface area contributed by atoms with Gasteiger partial charge in [-0.05, 0) is 55.4 Å². The van der Waals surface area contributed by atoms with Gasteiger partial charge in [-0.15, -0.1) is 0 Å². The van der Waals surface area contributed by atoms with Gasteiger partial charge in [0.2, 0.25) is 0 Å². The van der Waals surface area contributed by atoms with E-state index in [9.17, 15) is 19.8 Å². The van der Waals surface area contributed by atoms with Gasteiger partial charge in [-0.1, -0.05) is 19.4 Å².